The van der Waals surface area contributed by atoms with E-state index in [0.717, 1.165) is 12.7 Å². The lowest BCUT2D eigenvalue weighted by molar-refractivity contribution is -0.138. The number of hydrogen-bond acceptors (Lipinski definition) is 4. The normalized spacial score (nSPS) is 11.0. The Morgan fingerprint density at radius 2 is 1.62 bits per heavy atom. The number of ether oxygens (including phenoxy) is 1. The summed E-state index contributed by atoms with van der Waals surface area (Å²) in [5.74, 6) is 0.465. The van der Waals surface area contributed by atoms with Gasteiger partial charge in [0.25, 0.3) is 0 Å². The first kappa shape index (κ1) is 22.9. The molecule has 2 aromatic rings. The molecule has 0 aliphatic heterocycles. The number of aliphatic carboxylic acids is 1. The highest BCUT2D eigenvalue weighted by Crippen LogP contribution is 2.33. The second-order valence-corrected chi connectivity index (χ2v) is 6.96. The van der Waals surface area contributed by atoms with Crippen LogP contribution < -0.4 is 10.5 Å². The largest absolute Gasteiger partial charge is 0.508 e. The average Bonchev–Trinajstić information content (AvgIpc) is 2.44. The summed E-state index contributed by atoms with van der Waals surface area (Å²) in [5, 5.41) is 18.2. The van der Waals surface area contributed by atoms with Crippen LogP contribution in [0.15, 0.2) is 36.4 Å². The van der Waals surface area contributed by atoms with Gasteiger partial charge >= 0.3 is 5.97 Å². The van der Waals surface area contributed by atoms with Crippen molar-refractivity contribution >= 4 is 51.2 Å². The summed E-state index contributed by atoms with van der Waals surface area (Å²) in [5.41, 5.74) is 6.41. The maximum atomic E-state index is 10.8. The van der Waals surface area contributed by atoms with Crippen molar-refractivity contribution in [3.8, 4) is 17.2 Å². The van der Waals surface area contributed by atoms with Crippen molar-refractivity contribution in [2.45, 2.75) is 12.5 Å². The van der Waals surface area contributed by atoms with Gasteiger partial charge in [-0.25, -0.2) is 0 Å². The Morgan fingerprint density at radius 1 is 1.12 bits per heavy atom. The average molecular weight is 561 g/mol. The SMILES string of the molecule is N[C@@H](Cc1cc(I)c(Oc2ccc(O)cc2)c(I)c1)C(=O)O.O.O. The number of halogens is 2. The van der Waals surface area contributed by atoms with E-state index in [9.17, 15) is 9.90 Å². The van der Waals surface area contributed by atoms with Crippen molar-refractivity contribution in [3.05, 3.63) is 49.1 Å². The first-order chi connectivity index (χ1) is 10.4. The number of nitrogens with two attached hydrogens (primary N) is 1. The van der Waals surface area contributed by atoms with Gasteiger partial charge in [-0.2, -0.15) is 0 Å². The van der Waals surface area contributed by atoms with Crippen LogP contribution in [0.3, 0.4) is 0 Å². The number of carboxylic acid groups (broad SMARTS) is 1. The van der Waals surface area contributed by atoms with Gasteiger partial charge in [-0.15, -0.1) is 0 Å². The molecule has 0 spiro atoms. The fraction of sp³-hybridized carbons (Fsp3) is 0.133. The lowest BCUT2D eigenvalue weighted by Gasteiger charge is -2.13. The fourth-order valence-corrected chi connectivity index (χ4v) is 3.92. The first-order valence-corrected chi connectivity index (χ1v) is 8.45. The summed E-state index contributed by atoms with van der Waals surface area (Å²) < 4.78 is 7.56. The number of carbonyl (C=O) groups is 1. The van der Waals surface area contributed by atoms with E-state index in [1.54, 1.807) is 24.3 Å². The lowest BCUT2D eigenvalue weighted by Crippen LogP contribution is -2.32. The Kier molecular flexibility index (Phi) is 9.50. The van der Waals surface area contributed by atoms with E-state index in [4.69, 9.17) is 15.6 Å². The van der Waals surface area contributed by atoms with Crippen LogP contribution >= 0.6 is 45.2 Å². The summed E-state index contributed by atoms with van der Waals surface area (Å²) in [4.78, 5) is 10.8. The zero-order valence-electron chi connectivity index (χ0n) is 12.3. The van der Waals surface area contributed by atoms with Crippen molar-refractivity contribution in [2.24, 2.45) is 5.73 Å². The molecule has 0 amide bonds. The van der Waals surface area contributed by atoms with E-state index in [0.29, 0.717) is 11.5 Å². The van der Waals surface area contributed by atoms with E-state index < -0.39 is 12.0 Å². The summed E-state index contributed by atoms with van der Waals surface area (Å²) in [6.45, 7) is 0. The molecule has 0 radical (unpaired) electrons. The molecular formula is C15H17I2NO6. The monoisotopic (exact) mass is 561 g/mol. The second-order valence-electron chi connectivity index (χ2n) is 4.63. The highest BCUT2D eigenvalue weighted by Gasteiger charge is 2.15. The molecule has 0 aliphatic carbocycles. The molecule has 2 aromatic carbocycles. The van der Waals surface area contributed by atoms with E-state index >= 15 is 0 Å². The minimum absolute atomic E-state index is 0. The molecule has 0 fully saturated rings. The Labute approximate surface area is 165 Å². The number of aromatic hydroxyl groups is 1. The molecule has 8 N–H and O–H groups in total. The van der Waals surface area contributed by atoms with Gasteiger partial charge < -0.3 is 31.6 Å². The van der Waals surface area contributed by atoms with Crippen LogP contribution in [-0.4, -0.2) is 33.2 Å². The molecule has 1 atom stereocenters. The molecule has 0 bridgehead atoms. The molecular weight excluding hydrogens is 544 g/mol. The van der Waals surface area contributed by atoms with Gasteiger partial charge in [-0.1, -0.05) is 0 Å². The van der Waals surface area contributed by atoms with Crippen LogP contribution in [-0.2, 0) is 11.2 Å². The number of benzene rings is 2. The molecule has 132 valence electrons. The number of hydrogen-bond donors (Lipinski definition) is 3. The van der Waals surface area contributed by atoms with Gasteiger partial charge in [-0.3, -0.25) is 4.79 Å². The lowest BCUT2D eigenvalue weighted by atomic mass is 10.1. The predicted octanol–water partition coefficient (Wildman–Crippen LogP) is 1.70. The Hall–Kier alpha value is -1.15. The minimum atomic E-state index is -1.02. The molecule has 7 nitrogen and oxygen atoms in total. The molecule has 0 saturated heterocycles. The van der Waals surface area contributed by atoms with Gasteiger partial charge in [-0.05, 0) is 93.6 Å². The van der Waals surface area contributed by atoms with Crippen molar-refractivity contribution in [2.75, 3.05) is 0 Å². The predicted molar refractivity (Wildman–Crippen MR) is 107 cm³/mol. The molecule has 9 heteroatoms. The molecule has 0 saturated carbocycles. The Morgan fingerprint density at radius 3 is 2.08 bits per heavy atom. The third-order valence-electron chi connectivity index (χ3n) is 2.89. The Balaban J connectivity index is 0.00000264. The van der Waals surface area contributed by atoms with E-state index in [2.05, 4.69) is 45.2 Å². The second kappa shape index (κ2) is 9.98. The number of carboxylic acids is 1. The fourth-order valence-electron chi connectivity index (χ4n) is 1.80. The van der Waals surface area contributed by atoms with Crippen molar-refractivity contribution in [1.82, 2.24) is 0 Å². The van der Waals surface area contributed by atoms with Crippen molar-refractivity contribution in [1.29, 1.82) is 0 Å². The standard InChI is InChI=1S/C15H13I2NO4.2H2O/c16-11-5-8(7-13(18)15(20)21)6-12(17)14(11)22-10-3-1-9(19)2-4-10;;/h1-6,13,19H,7,18H2,(H,20,21);2*1H2/t13-;;/m0../s1. The molecule has 0 aromatic heterocycles. The van der Waals surface area contributed by atoms with Crippen LogP contribution in [0, 0.1) is 7.14 Å². The maximum Gasteiger partial charge on any atom is 0.320 e. The van der Waals surface area contributed by atoms with Gasteiger partial charge in [0.15, 0.2) is 5.75 Å². The third kappa shape index (κ3) is 6.05. The van der Waals surface area contributed by atoms with E-state index in [-0.39, 0.29) is 23.1 Å². The van der Waals surface area contributed by atoms with Crippen molar-refractivity contribution in [3.63, 3.8) is 0 Å². The first-order valence-electron chi connectivity index (χ1n) is 6.30. The van der Waals surface area contributed by atoms with Gasteiger partial charge in [0.1, 0.15) is 17.5 Å². The summed E-state index contributed by atoms with van der Waals surface area (Å²) in [6.07, 6.45) is 0.265. The van der Waals surface area contributed by atoms with E-state index in [1.165, 1.54) is 0 Å². The molecule has 2 rings (SSSR count). The third-order valence-corrected chi connectivity index (χ3v) is 4.49. The maximum absolute atomic E-state index is 10.8. The van der Waals surface area contributed by atoms with E-state index in [1.807, 2.05) is 12.1 Å². The quantitative estimate of drug-likeness (QED) is 0.474. The highest BCUT2D eigenvalue weighted by atomic mass is 127. The molecule has 0 aliphatic rings. The molecule has 0 heterocycles. The number of phenolic OH excluding ortho intramolecular Hbond substituents is 1. The van der Waals surface area contributed by atoms with Crippen LogP contribution in [0.25, 0.3) is 0 Å². The topological polar surface area (TPSA) is 156 Å². The smallest absolute Gasteiger partial charge is 0.320 e. The highest BCUT2D eigenvalue weighted by molar-refractivity contribution is 14.1. The van der Waals surface area contributed by atoms with Crippen LogP contribution in [0.4, 0.5) is 0 Å². The summed E-state index contributed by atoms with van der Waals surface area (Å²) >= 11 is 4.28. The molecule has 0 unspecified atom stereocenters. The summed E-state index contributed by atoms with van der Waals surface area (Å²) in [7, 11) is 0. The van der Waals surface area contributed by atoms with Gasteiger partial charge in [0.05, 0.1) is 7.14 Å². The molecule has 24 heavy (non-hydrogen) atoms. The zero-order valence-corrected chi connectivity index (χ0v) is 16.6. The van der Waals surface area contributed by atoms with Crippen molar-refractivity contribution < 1.29 is 30.7 Å². The summed E-state index contributed by atoms with van der Waals surface area (Å²) in [6, 6.07) is 9.26. The van der Waals surface area contributed by atoms with Crippen LogP contribution in [0.5, 0.6) is 17.2 Å². The van der Waals surface area contributed by atoms with Gasteiger partial charge in [0, 0.05) is 0 Å². The van der Waals surface area contributed by atoms with Gasteiger partial charge in [0.2, 0.25) is 0 Å². The number of phenols is 1. The minimum Gasteiger partial charge on any atom is -0.508 e. The number of rotatable bonds is 5. The Bertz CT molecular complexity index is 670. The zero-order chi connectivity index (χ0) is 16.3. The van der Waals surface area contributed by atoms with Crippen LogP contribution in [0.1, 0.15) is 5.56 Å². The van der Waals surface area contributed by atoms with Crippen LogP contribution in [0.2, 0.25) is 0 Å².